The first kappa shape index (κ1) is 17.0. The minimum Gasteiger partial charge on any atom is -0.492 e. The van der Waals surface area contributed by atoms with Gasteiger partial charge in [-0.05, 0) is 49.7 Å². The highest BCUT2D eigenvalue weighted by molar-refractivity contribution is 6.21. The molecular formula is C20H21NO4. The lowest BCUT2D eigenvalue weighted by atomic mass is 10.1. The van der Waals surface area contributed by atoms with Crippen LogP contribution in [-0.4, -0.2) is 36.0 Å². The molecule has 0 saturated heterocycles. The van der Waals surface area contributed by atoms with Gasteiger partial charge in [-0.2, -0.15) is 0 Å². The summed E-state index contributed by atoms with van der Waals surface area (Å²) in [7, 11) is 0. The van der Waals surface area contributed by atoms with Crippen LogP contribution in [0.1, 0.15) is 41.0 Å². The largest absolute Gasteiger partial charge is 0.492 e. The van der Waals surface area contributed by atoms with Gasteiger partial charge in [-0.25, -0.2) is 0 Å². The van der Waals surface area contributed by atoms with Crippen molar-refractivity contribution in [1.82, 2.24) is 4.90 Å². The summed E-state index contributed by atoms with van der Waals surface area (Å²) in [6.45, 7) is 4.56. The quantitative estimate of drug-likeness (QED) is 0.724. The van der Waals surface area contributed by atoms with E-state index in [0.29, 0.717) is 16.9 Å². The number of ether oxygens (including phenoxy) is 2. The molecule has 0 bridgehead atoms. The summed E-state index contributed by atoms with van der Waals surface area (Å²) in [5.74, 6) is 0.943. The van der Waals surface area contributed by atoms with Crippen molar-refractivity contribution < 1.29 is 19.1 Å². The zero-order valence-electron chi connectivity index (χ0n) is 14.4. The van der Waals surface area contributed by atoms with Crippen molar-refractivity contribution in [2.75, 3.05) is 13.2 Å². The Morgan fingerprint density at radius 2 is 1.48 bits per heavy atom. The van der Waals surface area contributed by atoms with Crippen LogP contribution in [0.15, 0.2) is 48.5 Å². The van der Waals surface area contributed by atoms with Gasteiger partial charge in [0.2, 0.25) is 0 Å². The lowest BCUT2D eigenvalue weighted by Gasteiger charge is -2.15. The third-order valence-electron chi connectivity index (χ3n) is 4.20. The Labute approximate surface area is 147 Å². The van der Waals surface area contributed by atoms with E-state index < -0.39 is 0 Å². The van der Waals surface area contributed by atoms with Crippen molar-refractivity contribution in [2.45, 2.75) is 26.4 Å². The summed E-state index contributed by atoms with van der Waals surface area (Å²) in [6.07, 6.45) is 1.11. The third-order valence-corrected chi connectivity index (χ3v) is 4.20. The highest BCUT2D eigenvalue weighted by atomic mass is 16.5. The smallest absolute Gasteiger partial charge is 0.261 e. The number of amides is 2. The predicted octanol–water partition coefficient (Wildman–Crippen LogP) is 3.54. The highest BCUT2D eigenvalue weighted by Gasteiger charge is 2.34. The monoisotopic (exact) mass is 339 g/mol. The summed E-state index contributed by atoms with van der Waals surface area (Å²) >= 11 is 0. The molecule has 1 atom stereocenters. The van der Waals surface area contributed by atoms with Crippen molar-refractivity contribution >= 4 is 11.8 Å². The van der Waals surface area contributed by atoms with Crippen LogP contribution in [0.5, 0.6) is 11.5 Å². The Balaban J connectivity index is 1.54. The first-order chi connectivity index (χ1) is 12.1. The van der Waals surface area contributed by atoms with E-state index in [-0.39, 0.29) is 31.1 Å². The van der Waals surface area contributed by atoms with Crippen molar-refractivity contribution in [1.29, 1.82) is 0 Å². The fraction of sp³-hybridized carbons (Fsp3) is 0.300. The van der Waals surface area contributed by atoms with Crippen LogP contribution in [0.3, 0.4) is 0 Å². The van der Waals surface area contributed by atoms with Crippen molar-refractivity contribution in [3.63, 3.8) is 0 Å². The molecule has 0 spiro atoms. The standard InChI is InChI=1S/C20H21NO4/c1-3-14(2)25-16-10-8-15(9-11-16)24-13-12-21-19(22)17-6-4-5-7-18(17)20(21)23/h4-11,14H,3,12-13H2,1-2H3. The maximum absolute atomic E-state index is 12.3. The minimum absolute atomic E-state index is 0.167. The number of imide groups is 1. The molecule has 0 saturated carbocycles. The van der Waals surface area contributed by atoms with Crippen molar-refractivity contribution in [3.05, 3.63) is 59.7 Å². The Hall–Kier alpha value is -2.82. The van der Waals surface area contributed by atoms with E-state index in [0.717, 1.165) is 12.2 Å². The SMILES string of the molecule is CCC(C)Oc1ccc(OCCN2C(=O)c3ccccc3C2=O)cc1. The molecule has 130 valence electrons. The predicted molar refractivity (Wildman–Crippen MR) is 94.1 cm³/mol. The highest BCUT2D eigenvalue weighted by Crippen LogP contribution is 2.23. The van der Waals surface area contributed by atoms with Crippen LogP contribution in [-0.2, 0) is 0 Å². The second kappa shape index (κ2) is 7.38. The van der Waals surface area contributed by atoms with Crippen molar-refractivity contribution in [2.24, 2.45) is 0 Å². The van der Waals surface area contributed by atoms with E-state index in [2.05, 4.69) is 6.92 Å². The fourth-order valence-electron chi connectivity index (χ4n) is 2.63. The molecule has 2 aromatic rings. The van der Waals surface area contributed by atoms with Gasteiger partial charge in [0.05, 0.1) is 23.8 Å². The van der Waals surface area contributed by atoms with E-state index in [4.69, 9.17) is 9.47 Å². The van der Waals surface area contributed by atoms with Crippen LogP contribution < -0.4 is 9.47 Å². The third kappa shape index (κ3) is 3.65. The lowest BCUT2D eigenvalue weighted by Crippen LogP contribution is -2.33. The van der Waals surface area contributed by atoms with Gasteiger partial charge in [0, 0.05) is 0 Å². The number of carbonyl (C=O) groups is 2. The molecule has 0 aromatic heterocycles. The number of hydrogen-bond donors (Lipinski definition) is 0. The molecule has 0 aliphatic carbocycles. The van der Waals surface area contributed by atoms with Gasteiger partial charge in [0.1, 0.15) is 18.1 Å². The zero-order chi connectivity index (χ0) is 17.8. The summed E-state index contributed by atoms with van der Waals surface area (Å²) in [6, 6.07) is 14.2. The Morgan fingerprint density at radius 1 is 0.920 bits per heavy atom. The number of benzene rings is 2. The van der Waals surface area contributed by atoms with Crippen LogP contribution in [0.4, 0.5) is 0 Å². The van der Waals surface area contributed by atoms with Gasteiger partial charge >= 0.3 is 0 Å². The number of carbonyl (C=O) groups excluding carboxylic acids is 2. The molecule has 0 radical (unpaired) electrons. The second-order valence-corrected chi connectivity index (χ2v) is 5.96. The molecule has 1 unspecified atom stereocenters. The fourth-order valence-corrected chi connectivity index (χ4v) is 2.63. The molecule has 1 aliphatic heterocycles. The average Bonchev–Trinajstić information content (AvgIpc) is 2.88. The average molecular weight is 339 g/mol. The molecule has 2 aromatic carbocycles. The molecule has 2 amide bonds. The van der Waals surface area contributed by atoms with Gasteiger partial charge in [-0.15, -0.1) is 0 Å². The van der Waals surface area contributed by atoms with E-state index in [1.807, 2.05) is 31.2 Å². The van der Waals surface area contributed by atoms with Crippen LogP contribution in [0, 0.1) is 0 Å². The van der Waals surface area contributed by atoms with Gasteiger partial charge in [-0.3, -0.25) is 14.5 Å². The van der Waals surface area contributed by atoms with Gasteiger partial charge in [-0.1, -0.05) is 19.1 Å². The summed E-state index contributed by atoms with van der Waals surface area (Å²) in [5.41, 5.74) is 0.915. The van der Waals surface area contributed by atoms with Crippen LogP contribution in [0.25, 0.3) is 0 Å². The molecule has 5 heteroatoms. The normalized spacial score (nSPS) is 14.4. The van der Waals surface area contributed by atoms with E-state index >= 15 is 0 Å². The Bertz CT molecular complexity index is 735. The van der Waals surface area contributed by atoms with E-state index in [9.17, 15) is 9.59 Å². The molecule has 1 heterocycles. The summed E-state index contributed by atoms with van der Waals surface area (Å²) in [5, 5.41) is 0. The Morgan fingerprint density at radius 3 is 2.04 bits per heavy atom. The molecule has 3 rings (SSSR count). The number of hydrogen-bond acceptors (Lipinski definition) is 4. The molecule has 5 nitrogen and oxygen atoms in total. The second-order valence-electron chi connectivity index (χ2n) is 5.96. The van der Waals surface area contributed by atoms with Crippen LogP contribution >= 0.6 is 0 Å². The topological polar surface area (TPSA) is 55.8 Å². The van der Waals surface area contributed by atoms with E-state index in [1.54, 1.807) is 24.3 Å². The maximum atomic E-state index is 12.3. The summed E-state index contributed by atoms with van der Waals surface area (Å²) < 4.78 is 11.4. The first-order valence-corrected chi connectivity index (χ1v) is 8.45. The van der Waals surface area contributed by atoms with Gasteiger partial charge in [0.15, 0.2) is 0 Å². The Kier molecular flexibility index (Phi) is 5.03. The molecule has 0 N–H and O–H groups in total. The van der Waals surface area contributed by atoms with Gasteiger partial charge < -0.3 is 9.47 Å². The zero-order valence-corrected chi connectivity index (χ0v) is 14.4. The molecule has 0 fully saturated rings. The number of fused-ring (bicyclic) bond motifs is 1. The van der Waals surface area contributed by atoms with Crippen LogP contribution in [0.2, 0.25) is 0 Å². The van der Waals surface area contributed by atoms with E-state index in [1.165, 1.54) is 4.90 Å². The molecule has 1 aliphatic rings. The molecule has 25 heavy (non-hydrogen) atoms. The molecular weight excluding hydrogens is 318 g/mol. The lowest BCUT2D eigenvalue weighted by molar-refractivity contribution is 0.0631. The maximum Gasteiger partial charge on any atom is 0.261 e. The van der Waals surface area contributed by atoms with Gasteiger partial charge in [0.25, 0.3) is 11.8 Å². The summed E-state index contributed by atoms with van der Waals surface area (Å²) in [4.78, 5) is 25.7. The number of nitrogens with zero attached hydrogens (tertiary/aromatic N) is 1. The minimum atomic E-state index is -0.262. The first-order valence-electron chi connectivity index (χ1n) is 8.45. The number of rotatable bonds is 7. The van der Waals surface area contributed by atoms with Crippen molar-refractivity contribution in [3.8, 4) is 11.5 Å².